The van der Waals surface area contributed by atoms with Gasteiger partial charge in [-0.2, -0.15) is 0 Å². The van der Waals surface area contributed by atoms with Gasteiger partial charge in [0, 0.05) is 4.47 Å². The van der Waals surface area contributed by atoms with Gasteiger partial charge in [0.05, 0.1) is 0 Å². The van der Waals surface area contributed by atoms with Gasteiger partial charge in [-0.15, -0.1) is 0 Å². The summed E-state index contributed by atoms with van der Waals surface area (Å²) in [4.78, 5) is 0. The van der Waals surface area contributed by atoms with Crippen molar-refractivity contribution >= 4 is 15.9 Å². The van der Waals surface area contributed by atoms with Crippen molar-refractivity contribution in [2.45, 2.75) is 26.2 Å². The van der Waals surface area contributed by atoms with Crippen LogP contribution in [0.2, 0.25) is 0 Å². The van der Waals surface area contributed by atoms with Crippen LogP contribution >= 0.6 is 15.9 Å². The molecular formula is C11H15BrFN. The molecule has 14 heavy (non-hydrogen) atoms. The second-order valence-corrected chi connectivity index (χ2v) is 4.43. The highest BCUT2D eigenvalue weighted by Crippen LogP contribution is 2.28. The Morgan fingerprint density at radius 2 is 2.14 bits per heavy atom. The summed E-state index contributed by atoms with van der Waals surface area (Å²) in [6, 6.07) is 3.09. The number of nitrogens with two attached hydrogens (primary N) is 1. The Balaban J connectivity index is 3.07. The van der Waals surface area contributed by atoms with Gasteiger partial charge in [-0.05, 0) is 49.1 Å². The van der Waals surface area contributed by atoms with E-state index in [1.807, 2.05) is 6.92 Å². The van der Waals surface area contributed by atoms with Crippen LogP contribution in [0.15, 0.2) is 16.6 Å². The summed E-state index contributed by atoms with van der Waals surface area (Å²) in [6.07, 6.45) is 0.886. The Labute approximate surface area is 92.6 Å². The third-order valence-corrected chi connectivity index (χ3v) is 3.30. The third kappa shape index (κ3) is 2.55. The summed E-state index contributed by atoms with van der Waals surface area (Å²) in [7, 11) is 0. The first-order chi connectivity index (χ1) is 6.56. The van der Waals surface area contributed by atoms with Crippen molar-refractivity contribution in [3.63, 3.8) is 0 Å². The topological polar surface area (TPSA) is 26.0 Å². The highest BCUT2D eigenvalue weighted by molar-refractivity contribution is 9.10. The zero-order valence-corrected chi connectivity index (χ0v) is 10.1. The molecule has 0 saturated heterocycles. The molecule has 0 bridgehead atoms. The molecule has 0 fully saturated rings. The molecule has 0 aromatic heterocycles. The Bertz CT molecular complexity index is 325. The summed E-state index contributed by atoms with van der Waals surface area (Å²) in [6.45, 7) is 4.70. The first-order valence-corrected chi connectivity index (χ1v) is 5.51. The van der Waals surface area contributed by atoms with E-state index in [4.69, 9.17) is 5.73 Å². The van der Waals surface area contributed by atoms with Gasteiger partial charge in [-0.25, -0.2) is 4.39 Å². The van der Waals surface area contributed by atoms with E-state index in [1.165, 1.54) is 6.07 Å². The minimum absolute atomic E-state index is 0.193. The van der Waals surface area contributed by atoms with Crippen LogP contribution in [0.4, 0.5) is 4.39 Å². The number of halogens is 2. The molecule has 0 aliphatic heterocycles. The molecule has 0 spiro atoms. The quantitative estimate of drug-likeness (QED) is 0.886. The fourth-order valence-corrected chi connectivity index (χ4v) is 2.03. The van der Waals surface area contributed by atoms with Crippen LogP contribution in [0.5, 0.6) is 0 Å². The van der Waals surface area contributed by atoms with Crippen LogP contribution < -0.4 is 5.73 Å². The van der Waals surface area contributed by atoms with E-state index in [9.17, 15) is 4.39 Å². The molecule has 0 radical (unpaired) electrons. The maximum atomic E-state index is 13.1. The molecule has 1 atom stereocenters. The van der Waals surface area contributed by atoms with E-state index in [0.29, 0.717) is 12.5 Å². The van der Waals surface area contributed by atoms with Crippen LogP contribution in [-0.4, -0.2) is 6.54 Å². The van der Waals surface area contributed by atoms with E-state index in [2.05, 4.69) is 22.9 Å². The molecule has 78 valence electrons. The monoisotopic (exact) mass is 259 g/mol. The molecule has 0 aliphatic carbocycles. The van der Waals surface area contributed by atoms with Gasteiger partial charge < -0.3 is 5.73 Å². The first-order valence-electron chi connectivity index (χ1n) is 4.72. The average molecular weight is 260 g/mol. The smallest absolute Gasteiger partial charge is 0.124 e. The lowest BCUT2D eigenvalue weighted by atomic mass is 9.94. The van der Waals surface area contributed by atoms with E-state index in [-0.39, 0.29) is 5.82 Å². The lowest BCUT2D eigenvalue weighted by Gasteiger charge is -2.14. The summed E-state index contributed by atoms with van der Waals surface area (Å²) < 4.78 is 14.0. The van der Waals surface area contributed by atoms with Crippen molar-refractivity contribution in [1.29, 1.82) is 0 Å². The Morgan fingerprint density at radius 3 is 2.71 bits per heavy atom. The average Bonchev–Trinajstić information content (AvgIpc) is 2.11. The van der Waals surface area contributed by atoms with Crippen LogP contribution in [0.25, 0.3) is 0 Å². The van der Waals surface area contributed by atoms with Crippen molar-refractivity contribution in [2.24, 2.45) is 5.73 Å². The minimum atomic E-state index is -0.193. The Hall–Kier alpha value is -0.410. The van der Waals surface area contributed by atoms with Crippen molar-refractivity contribution in [3.05, 3.63) is 33.5 Å². The number of benzene rings is 1. The molecule has 0 heterocycles. The lowest BCUT2D eigenvalue weighted by Crippen LogP contribution is -2.06. The second-order valence-electron chi connectivity index (χ2n) is 3.58. The molecule has 1 rings (SSSR count). The SMILES string of the molecule is Cc1c(Br)cc(F)cc1C(C)CCN. The third-order valence-electron chi connectivity index (χ3n) is 2.48. The van der Waals surface area contributed by atoms with Crippen molar-refractivity contribution in [3.8, 4) is 0 Å². The molecule has 2 N–H and O–H groups in total. The normalized spacial score (nSPS) is 12.9. The molecule has 1 nitrogen and oxygen atoms in total. The molecule has 0 saturated carbocycles. The number of hydrogen-bond donors (Lipinski definition) is 1. The highest BCUT2D eigenvalue weighted by Gasteiger charge is 2.11. The van der Waals surface area contributed by atoms with Gasteiger partial charge in [0.1, 0.15) is 5.82 Å². The molecular weight excluding hydrogens is 245 g/mol. The van der Waals surface area contributed by atoms with Crippen molar-refractivity contribution in [2.75, 3.05) is 6.54 Å². The maximum absolute atomic E-state index is 13.1. The summed E-state index contributed by atoms with van der Waals surface area (Å²) >= 11 is 3.35. The van der Waals surface area contributed by atoms with Gasteiger partial charge >= 0.3 is 0 Å². The van der Waals surface area contributed by atoms with E-state index in [1.54, 1.807) is 6.07 Å². The van der Waals surface area contributed by atoms with E-state index < -0.39 is 0 Å². The Morgan fingerprint density at radius 1 is 1.50 bits per heavy atom. The fourth-order valence-electron chi connectivity index (χ4n) is 1.58. The van der Waals surface area contributed by atoms with Crippen molar-refractivity contribution < 1.29 is 4.39 Å². The standard InChI is InChI=1S/C11H15BrFN/c1-7(3-4-14)10-5-9(13)6-11(12)8(10)2/h5-7H,3-4,14H2,1-2H3. The van der Waals surface area contributed by atoms with Crippen molar-refractivity contribution in [1.82, 2.24) is 0 Å². The summed E-state index contributed by atoms with van der Waals surface area (Å²) in [5, 5.41) is 0. The zero-order chi connectivity index (χ0) is 10.7. The highest BCUT2D eigenvalue weighted by atomic mass is 79.9. The van der Waals surface area contributed by atoms with Gasteiger partial charge in [-0.1, -0.05) is 22.9 Å². The number of hydrogen-bond acceptors (Lipinski definition) is 1. The summed E-state index contributed by atoms with van der Waals surface area (Å²) in [5.41, 5.74) is 7.64. The van der Waals surface area contributed by atoms with Gasteiger partial charge in [-0.3, -0.25) is 0 Å². The van der Waals surface area contributed by atoms with Crippen LogP contribution in [0.3, 0.4) is 0 Å². The fraction of sp³-hybridized carbons (Fsp3) is 0.455. The van der Waals surface area contributed by atoms with Crippen LogP contribution in [0, 0.1) is 12.7 Å². The maximum Gasteiger partial charge on any atom is 0.124 e. The first kappa shape index (κ1) is 11.7. The van der Waals surface area contributed by atoms with Gasteiger partial charge in [0.15, 0.2) is 0 Å². The zero-order valence-electron chi connectivity index (χ0n) is 8.48. The van der Waals surface area contributed by atoms with Gasteiger partial charge in [0.2, 0.25) is 0 Å². The van der Waals surface area contributed by atoms with Crippen LogP contribution in [-0.2, 0) is 0 Å². The summed E-state index contributed by atoms with van der Waals surface area (Å²) in [5.74, 6) is 0.119. The van der Waals surface area contributed by atoms with Gasteiger partial charge in [0.25, 0.3) is 0 Å². The molecule has 0 amide bonds. The van der Waals surface area contributed by atoms with Crippen LogP contribution in [0.1, 0.15) is 30.4 Å². The van der Waals surface area contributed by atoms with E-state index >= 15 is 0 Å². The molecule has 1 aromatic rings. The predicted octanol–water partition coefficient (Wildman–Crippen LogP) is 3.35. The lowest BCUT2D eigenvalue weighted by molar-refractivity contribution is 0.614. The second kappa shape index (κ2) is 4.89. The Kier molecular flexibility index (Phi) is 4.08. The molecule has 0 aliphatic rings. The molecule has 1 aromatic carbocycles. The predicted molar refractivity (Wildman–Crippen MR) is 60.9 cm³/mol. The molecule has 3 heteroatoms. The largest absolute Gasteiger partial charge is 0.330 e. The number of rotatable bonds is 3. The minimum Gasteiger partial charge on any atom is -0.330 e. The molecule has 1 unspecified atom stereocenters. The van der Waals surface area contributed by atoms with E-state index in [0.717, 1.165) is 22.0 Å².